The molecule has 0 bridgehead atoms. The summed E-state index contributed by atoms with van der Waals surface area (Å²) in [5.74, 6) is -3.80. The van der Waals surface area contributed by atoms with Gasteiger partial charge in [0.15, 0.2) is 0 Å². The highest BCUT2D eigenvalue weighted by Gasteiger charge is 2.40. The molecular weight excluding hydrogens is 671 g/mol. The lowest BCUT2D eigenvalue weighted by Crippen LogP contribution is -2.29. The highest BCUT2D eigenvalue weighted by atomic mass is 19.4. The molecule has 1 aliphatic carbocycles. The number of rotatable bonds is 8. The summed E-state index contributed by atoms with van der Waals surface area (Å²) in [5, 5.41) is 5.38. The highest BCUT2D eigenvalue weighted by molar-refractivity contribution is 6.11. The fourth-order valence-corrected chi connectivity index (χ4v) is 7.20. The first kappa shape index (κ1) is 33.1. The van der Waals surface area contributed by atoms with Gasteiger partial charge in [-0.3, -0.25) is 9.59 Å². The third kappa shape index (κ3) is 5.95. The molecule has 2 N–H and O–H groups in total. The molecule has 2 fully saturated rings. The van der Waals surface area contributed by atoms with E-state index in [2.05, 4.69) is 15.6 Å². The molecule has 2 aromatic carbocycles. The van der Waals surface area contributed by atoms with Crippen molar-refractivity contribution in [1.29, 1.82) is 0 Å². The minimum absolute atomic E-state index is 0.0271. The van der Waals surface area contributed by atoms with Crippen LogP contribution in [-0.4, -0.2) is 65.0 Å². The number of alkyl halides is 3. The molecule has 14 heteroatoms. The zero-order chi connectivity index (χ0) is 35.6. The molecule has 5 heterocycles. The Morgan fingerprint density at radius 2 is 1.88 bits per heavy atom. The van der Waals surface area contributed by atoms with Gasteiger partial charge in [-0.1, -0.05) is 12.1 Å². The molecule has 9 nitrogen and oxygen atoms in total. The fourth-order valence-electron chi connectivity index (χ4n) is 7.20. The number of carbonyl (C=O) groups excluding carboxylic acids is 2. The highest BCUT2D eigenvalue weighted by Crippen LogP contribution is 2.50. The van der Waals surface area contributed by atoms with E-state index in [9.17, 15) is 22.8 Å². The van der Waals surface area contributed by atoms with Gasteiger partial charge in [0.05, 0.1) is 40.9 Å². The van der Waals surface area contributed by atoms with Gasteiger partial charge in [0.2, 0.25) is 11.7 Å². The number of nitrogens with zero attached hydrogens (tertiary/aromatic N) is 4. The van der Waals surface area contributed by atoms with Crippen LogP contribution in [0.15, 0.2) is 61.1 Å². The Morgan fingerprint density at radius 1 is 1.10 bits per heavy atom. The summed E-state index contributed by atoms with van der Waals surface area (Å²) in [6.07, 6.45) is 4.10. The molecule has 2 aliphatic heterocycles. The summed E-state index contributed by atoms with van der Waals surface area (Å²) < 4.78 is 83.9. The van der Waals surface area contributed by atoms with Crippen molar-refractivity contribution in [3.63, 3.8) is 0 Å². The van der Waals surface area contributed by atoms with E-state index in [1.165, 1.54) is 10.5 Å². The van der Waals surface area contributed by atoms with Crippen LogP contribution in [0.3, 0.4) is 0 Å². The average Bonchev–Trinajstić information content (AvgIpc) is 3.46. The molecule has 0 radical (unpaired) electrons. The average molecular weight is 705 g/mol. The largest absolute Gasteiger partial charge is 0.417 e. The third-order valence-electron chi connectivity index (χ3n) is 9.83. The lowest BCUT2D eigenvalue weighted by Gasteiger charge is -2.28. The van der Waals surface area contributed by atoms with Crippen LogP contribution in [0.1, 0.15) is 52.5 Å². The van der Waals surface area contributed by atoms with E-state index in [1.807, 2.05) is 4.57 Å². The van der Waals surface area contributed by atoms with Crippen molar-refractivity contribution in [2.24, 2.45) is 0 Å². The van der Waals surface area contributed by atoms with Gasteiger partial charge in [-0.2, -0.15) is 13.2 Å². The molecule has 1 saturated heterocycles. The van der Waals surface area contributed by atoms with E-state index in [1.54, 1.807) is 42.7 Å². The number of carbonyl (C=O) groups is 2. The van der Waals surface area contributed by atoms with Crippen molar-refractivity contribution in [3.8, 4) is 11.1 Å². The molecule has 1 atom stereocenters. The number of nitrogens with one attached hydrogen (secondary N) is 2. The number of hydrogen-bond acceptors (Lipinski definition) is 6. The summed E-state index contributed by atoms with van der Waals surface area (Å²) >= 11 is 0. The predicted molar refractivity (Wildman–Crippen MR) is 181 cm³/mol. The van der Waals surface area contributed by atoms with Gasteiger partial charge >= 0.3 is 6.18 Å². The number of anilines is 2. The van der Waals surface area contributed by atoms with Crippen LogP contribution in [0.5, 0.6) is 0 Å². The van der Waals surface area contributed by atoms with Crippen LogP contribution < -0.4 is 15.5 Å². The maximum atomic E-state index is 15.3. The van der Waals surface area contributed by atoms with Crippen LogP contribution in [0.4, 0.5) is 33.3 Å². The zero-order valence-electron chi connectivity index (χ0n) is 27.5. The first-order chi connectivity index (χ1) is 24.5. The maximum absolute atomic E-state index is 15.3. The Kier molecular flexibility index (Phi) is 8.18. The number of fused-ring (bicyclic) bond motifs is 4. The SMILES string of the molecule is CN1CCc2cc(C(=O)c3cc(F)c(NC(=O)/C=C/CN[C@H]4CCOC4)c(F)c3)n3cccc(c23)-c2c(C(F)(F)F)cc3c(ncn3C3CC3)c21. The van der Waals surface area contributed by atoms with Crippen LogP contribution in [0.25, 0.3) is 27.7 Å². The van der Waals surface area contributed by atoms with Gasteiger partial charge in [0.25, 0.3) is 0 Å². The molecule has 8 rings (SSSR count). The monoisotopic (exact) mass is 704 g/mol. The van der Waals surface area contributed by atoms with Crippen LogP contribution in [0.2, 0.25) is 0 Å². The standard InChI is InChI=1S/C37H33F5N6O3/c1-46-12-8-20-16-29(36(50)21-14-26(38)32(27(39)15-21)45-30(49)5-2-10-43-22-9-13-51-18-22)47-11-3-4-24(34(20)47)31-25(37(40,41)42)17-28-33(35(31)46)44-19-48(28)23-6-7-23/h2-5,11,14-17,19,22-23,43H,6-10,12-13,18H2,1H3,(H,45,49)/b5-2+/t22-/m0/s1. The van der Waals surface area contributed by atoms with E-state index < -0.39 is 40.8 Å². The summed E-state index contributed by atoms with van der Waals surface area (Å²) in [6, 6.07) is 7.83. The minimum Gasteiger partial charge on any atom is -0.380 e. The molecule has 3 aromatic heterocycles. The summed E-state index contributed by atoms with van der Waals surface area (Å²) in [5.41, 5.74) is 0.633. The van der Waals surface area contributed by atoms with Gasteiger partial charge in [0.1, 0.15) is 22.8 Å². The van der Waals surface area contributed by atoms with E-state index in [0.29, 0.717) is 60.5 Å². The number of ether oxygens (including phenoxy) is 1. The second kappa shape index (κ2) is 12.6. The number of aromatic nitrogens is 3. The van der Waals surface area contributed by atoms with Crippen molar-refractivity contribution in [2.75, 3.05) is 43.6 Å². The Balaban J connectivity index is 1.15. The Hall–Kier alpha value is -5.08. The number of benzene rings is 2. The second-order valence-corrected chi connectivity index (χ2v) is 13.3. The molecule has 0 unspecified atom stereocenters. The third-order valence-corrected chi connectivity index (χ3v) is 9.83. The van der Waals surface area contributed by atoms with Crippen molar-refractivity contribution in [2.45, 2.75) is 43.9 Å². The summed E-state index contributed by atoms with van der Waals surface area (Å²) in [7, 11) is 1.73. The first-order valence-electron chi connectivity index (χ1n) is 16.8. The molecule has 51 heavy (non-hydrogen) atoms. The van der Waals surface area contributed by atoms with Gasteiger partial charge in [-0.05, 0) is 61.6 Å². The topological polar surface area (TPSA) is 92.9 Å². The van der Waals surface area contributed by atoms with E-state index >= 15 is 8.78 Å². The van der Waals surface area contributed by atoms with Gasteiger partial charge in [-0.25, -0.2) is 13.8 Å². The molecule has 0 spiro atoms. The first-order valence-corrected chi connectivity index (χ1v) is 16.8. The molecule has 264 valence electrons. The van der Waals surface area contributed by atoms with Gasteiger partial charge in [-0.15, -0.1) is 0 Å². The van der Waals surface area contributed by atoms with Gasteiger partial charge < -0.3 is 29.2 Å². The Labute approximate surface area is 288 Å². The van der Waals surface area contributed by atoms with Crippen molar-refractivity contribution < 1.29 is 36.3 Å². The quantitative estimate of drug-likeness (QED) is 0.106. The van der Waals surface area contributed by atoms with Crippen molar-refractivity contribution >= 4 is 39.6 Å². The predicted octanol–water partition coefficient (Wildman–Crippen LogP) is 6.68. The Bertz CT molecular complexity index is 2220. The second-order valence-electron chi connectivity index (χ2n) is 13.3. The zero-order valence-corrected chi connectivity index (χ0v) is 27.5. The van der Waals surface area contributed by atoms with E-state index in [0.717, 1.165) is 43.5 Å². The molecule has 5 aromatic rings. The summed E-state index contributed by atoms with van der Waals surface area (Å²) in [4.78, 5) is 32.7. The lowest BCUT2D eigenvalue weighted by molar-refractivity contribution is -0.137. The smallest absolute Gasteiger partial charge is 0.380 e. The molecular formula is C37H33F5N6O3. The summed E-state index contributed by atoms with van der Waals surface area (Å²) in [6.45, 7) is 1.92. The number of pyridine rings is 1. The number of amides is 1. The fraction of sp³-hybridized carbons (Fsp3) is 0.324. The molecule has 1 saturated carbocycles. The van der Waals surface area contributed by atoms with Crippen molar-refractivity contribution in [1.82, 2.24) is 19.3 Å². The van der Waals surface area contributed by atoms with Crippen LogP contribution in [0, 0.1) is 11.6 Å². The molecule has 1 amide bonds. The number of hydrogen-bond donors (Lipinski definition) is 2. The lowest BCUT2D eigenvalue weighted by atomic mass is 9.92. The molecule has 3 aliphatic rings. The van der Waals surface area contributed by atoms with Crippen molar-refractivity contribution in [3.05, 3.63) is 95.1 Å². The number of likely N-dealkylation sites (N-methyl/N-ethyl adjacent to an activating group) is 1. The van der Waals surface area contributed by atoms with E-state index in [-0.39, 0.29) is 34.5 Å². The van der Waals surface area contributed by atoms with Gasteiger partial charge in [0, 0.05) is 67.8 Å². The number of imidazole rings is 1. The number of halogens is 5. The normalized spacial score (nSPS) is 17.7. The number of ketones is 1. The van der Waals surface area contributed by atoms with Crippen LogP contribution >= 0.6 is 0 Å². The Morgan fingerprint density at radius 3 is 2.59 bits per heavy atom. The minimum atomic E-state index is -4.71. The van der Waals surface area contributed by atoms with Crippen LogP contribution in [-0.2, 0) is 22.1 Å². The maximum Gasteiger partial charge on any atom is 0.417 e. The van der Waals surface area contributed by atoms with E-state index in [4.69, 9.17) is 4.74 Å².